The van der Waals surface area contributed by atoms with Crippen molar-refractivity contribution in [3.8, 4) is 5.75 Å². The summed E-state index contributed by atoms with van der Waals surface area (Å²) in [6, 6.07) is 13.6. The van der Waals surface area contributed by atoms with Crippen molar-refractivity contribution in [2.24, 2.45) is 0 Å². The maximum Gasteiger partial charge on any atom is 0.233 e. The molecule has 0 bridgehead atoms. The number of benzene rings is 2. The molecular formula is C23H31N3O3. The molecule has 156 valence electrons. The topological polar surface area (TPSA) is 70.7 Å². The second-order valence-corrected chi connectivity index (χ2v) is 6.85. The Hall–Kier alpha value is -3.02. The monoisotopic (exact) mass is 397 g/mol. The van der Waals surface area contributed by atoms with Gasteiger partial charge in [-0.25, -0.2) is 0 Å². The Bertz CT molecular complexity index is 832. The van der Waals surface area contributed by atoms with Gasteiger partial charge in [-0.05, 0) is 68.7 Å². The van der Waals surface area contributed by atoms with E-state index in [4.69, 9.17) is 4.74 Å². The first kappa shape index (κ1) is 22.3. The van der Waals surface area contributed by atoms with E-state index in [9.17, 15) is 9.59 Å². The van der Waals surface area contributed by atoms with E-state index in [-0.39, 0.29) is 18.2 Å². The molecule has 0 aliphatic rings. The minimum absolute atomic E-state index is 0.199. The van der Waals surface area contributed by atoms with E-state index in [0.717, 1.165) is 41.3 Å². The number of ether oxygens (including phenoxy) is 1. The molecule has 2 amide bonds. The molecule has 2 N–H and O–H groups in total. The highest BCUT2D eigenvalue weighted by atomic mass is 16.5. The highest BCUT2D eigenvalue weighted by Crippen LogP contribution is 2.22. The lowest BCUT2D eigenvalue weighted by molar-refractivity contribution is -0.126. The van der Waals surface area contributed by atoms with Gasteiger partial charge in [0.2, 0.25) is 11.8 Å². The molecule has 0 heterocycles. The van der Waals surface area contributed by atoms with Gasteiger partial charge in [0.25, 0.3) is 0 Å². The van der Waals surface area contributed by atoms with E-state index >= 15 is 0 Å². The Kier molecular flexibility index (Phi) is 8.52. The standard InChI is InChI=1S/C23H31N3O3/c1-5-26(6-2)19-10-11-21(17(3)14-19)25-23(28)16-22(27)24-13-12-18-8-7-9-20(15-18)29-4/h7-11,14-15H,5-6,12-13,16H2,1-4H3,(H,24,27)(H,25,28). The summed E-state index contributed by atoms with van der Waals surface area (Å²) in [5.74, 6) is 0.181. The molecule has 0 saturated heterocycles. The summed E-state index contributed by atoms with van der Waals surface area (Å²) in [6.45, 7) is 8.51. The van der Waals surface area contributed by atoms with Gasteiger partial charge in [-0.1, -0.05) is 12.1 Å². The molecule has 0 atom stereocenters. The average molecular weight is 398 g/mol. The summed E-state index contributed by atoms with van der Waals surface area (Å²) in [7, 11) is 1.62. The number of aryl methyl sites for hydroxylation is 1. The predicted octanol–water partition coefficient (Wildman–Crippen LogP) is 3.54. The van der Waals surface area contributed by atoms with Crippen molar-refractivity contribution in [1.29, 1.82) is 0 Å². The normalized spacial score (nSPS) is 10.3. The van der Waals surface area contributed by atoms with Crippen molar-refractivity contribution in [3.63, 3.8) is 0 Å². The number of anilines is 2. The fourth-order valence-corrected chi connectivity index (χ4v) is 3.15. The molecule has 6 heteroatoms. The number of carbonyl (C=O) groups is 2. The summed E-state index contributed by atoms with van der Waals surface area (Å²) in [5, 5.41) is 5.62. The number of nitrogens with one attached hydrogen (secondary N) is 2. The molecule has 0 radical (unpaired) electrons. The molecule has 29 heavy (non-hydrogen) atoms. The van der Waals surface area contributed by atoms with Crippen LogP contribution in [0.5, 0.6) is 5.75 Å². The maximum absolute atomic E-state index is 12.2. The number of methoxy groups -OCH3 is 1. The molecular weight excluding hydrogens is 366 g/mol. The van der Waals surface area contributed by atoms with Crippen LogP contribution < -0.4 is 20.3 Å². The molecule has 0 fully saturated rings. The lowest BCUT2D eigenvalue weighted by atomic mass is 10.1. The van der Waals surface area contributed by atoms with Crippen molar-refractivity contribution in [1.82, 2.24) is 5.32 Å². The molecule has 2 rings (SSSR count). The van der Waals surface area contributed by atoms with Crippen LogP contribution in [-0.4, -0.2) is 38.6 Å². The predicted molar refractivity (Wildman–Crippen MR) is 118 cm³/mol. The zero-order valence-electron chi connectivity index (χ0n) is 17.7. The lowest BCUT2D eigenvalue weighted by Gasteiger charge is -2.22. The van der Waals surface area contributed by atoms with Crippen LogP contribution in [0.15, 0.2) is 42.5 Å². The Labute approximate surface area is 173 Å². The summed E-state index contributed by atoms with van der Waals surface area (Å²) in [5.41, 5.74) is 3.90. The van der Waals surface area contributed by atoms with Gasteiger partial charge < -0.3 is 20.3 Å². The summed E-state index contributed by atoms with van der Waals surface area (Å²) >= 11 is 0. The van der Waals surface area contributed by atoms with E-state index in [0.29, 0.717) is 13.0 Å². The van der Waals surface area contributed by atoms with Crippen LogP contribution >= 0.6 is 0 Å². The maximum atomic E-state index is 12.2. The number of nitrogens with zero attached hydrogens (tertiary/aromatic N) is 1. The second kappa shape index (κ2) is 11.1. The first-order chi connectivity index (χ1) is 14.0. The average Bonchev–Trinajstić information content (AvgIpc) is 2.71. The van der Waals surface area contributed by atoms with Crippen molar-refractivity contribution < 1.29 is 14.3 Å². The van der Waals surface area contributed by atoms with Crippen molar-refractivity contribution >= 4 is 23.2 Å². The third-order valence-electron chi connectivity index (χ3n) is 4.80. The largest absolute Gasteiger partial charge is 0.497 e. The zero-order valence-corrected chi connectivity index (χ0v) is 17.7. The SMILES string of the molecule is CCN(CC)c1ccc(NC(=O)CC(=O)NCCc2cccc(OC)c2)c(C)c1. The quantitative estimate of drug-likeness (QED) is 0.602. The molecule has 0 spiro atoms. The van der Waals surface area contributed by atoms with E-state index in [2.05, 4.69) is 35.4 Å². The first-order valence-corrected chi connectivity index (χ1v) is 10.0. The number of hydrogen-bond acceptors (Lipinski definition) is 4. The second-order valence-electron chi connectivity index (χ2n) is 6.85. The van der Waals surface area contributed by atoms with Gasteiger partial charge in [0.05, 0.1) is 7.11 Å². The van der Waals surface area contributed by atoms with Gasteiger partial charge in [-0.15, -0.1) is 0 Å². The third-order valence-corrected chi connectivity index (χ3v) is 4.80. The van der Waals surface area contributed by atoms with Crippen LogP contribution in [0, 0.1) is 6.92 Å². The molecule has 0 unspecified atom stereocenters. The van der Waals surface area contributed by atoms with Crippen molar-refractivity contribution in [3.05, 3.63) is 53.6 Å². The first-order valence-electron chi connectivity index (χ1n) is 10.0. The van der Waals surface area contributed by atoms with E-state index in [1.807, 2.05) is 43.3 Å². The summed E-state index contributed by atoms with van der Waals surface area (Å²) in [6.07, 6.45) is 0.478. The van der Waals surface area contributed by atoms with Gasteiger partial charge in [0.1, 0.15) is 12.2 Å². The number of carbonyl (C=O) groups excluding carboxylic acids is 2. The summed E-state index contributed by atoms with van der Waals surface area (Å²) < 4.78 is 5.19. The van der Waals surface area contributed by atoms with Gasteiger partial charge in [-0.3, -0.25) is 9.59 Å². The van der Waals surface area contributed by atoms with Crippen LogP contribution in [0.2, 0.25) is 0 Å². The Balaban J connectivity index is 1.81. The number of rotatable bonds is 10. The fourth-order valence-electron chi connectivity index (χ4n) is 3.15. The third kappa shape index (κ3) is 6.82. The van der Waals surface area contributed by atoms with Gasteiger partial charge in [-0.2, -0.15) is 0 Å². The van der Waals surface area contributed by atoms with E-state index < -0.39 is 0 Å². The Morgan fingerprint density at radius 2 is 1.79 bits per heavy atom. The molecule has 0 aliphatic heterocycles. The molecule has 2 aromatic carbocycles. The number of amides is 2. The van der Waals surface area contributed by atoms with Crippen molar-refractivity contribution in [2.75, 3.05) is 37.0 Å². The van der Waals surface area contributed by atoms with Crippen LogP contribution in [0.25, 0.3) is 0 Å². The van der Waals surface area contributed by atoms with E-state index in [1.54, 1.807) is 7.11 Å². The minimum atomic E-state index is -0.317. The van der Waals surface area contributed by atoms with Gasteiger partial charge in [0.15, 0.2) is 0 Å². The van der Waals surface area contributed by atoms with Gasteiger partial charge >= 0.3 is 0 Å². The lowest BCUT2D eigenvalue weighted by Crippen LogP contribution is -2.29. The van der Waals surface area contributed by atoms with Crippen LogP contribution in [0.4, 0.5) is 11.4 Å². The van der Waals surface area contributed by atoms with Gasteiger partial charge in [0, 0.05) is 31.0 Å². The fraction of sp³-hybridized carbons (Fsp3) is 0.391. The highest BCUT2D eigenvalue weighted by molar-refractivity contribution is 6.03. The smallest absolute Gasteiger partial charge is 0.233 e. The van der Waals surface area contributed by atoms with Crippen LogP contribution in [-0.2, 0) is 16.0 Å². The molecule has 0 saturated carbocycles. The summed E-state index contributed by atoms with van der Waals surface area (Å²) in [4.78, 5) is 26.5. The molecule has 0 aromatic heterocycles. The minimum Gasteiger partial charge on any atom is -0.497 e. The van der Waals surface area contributed by atoms with Crippen LogP contribution in [0.3, 0.4) is 0 Å². The molecule has 0 aliphatic carbocycles. The van der Waals surface area contributed by atoms with Crippen molar-refractivity contribution in [2.45, 2.75) is 33.6 Å². The molecule has 2 aromatic rings. The van der Waals surface area contributed by atoms with Crippen LogP contribution in [0.1, 0.15) is 31.4 Å². The number of hydrogen-bond donors (Lipinski definition) is 2. The van der Waals surface area contributed by atoms with E-state index in [1.165, 1.54) is 0 Å². The molecule has 6 nitrogen and oxygen atoms in total. The highest BCUT2D eigenvalue weighted by Gasteiger charge is 2.12. The zero-order chi connectivity index (χ0) is 21.2. The Morgan fingerprint density at radius 1 is 1.03 bits per heavy atom. The Morgan fingerprint density at radius 3 is 2.45 bits per heavy atom.